The first-order valence-electron chi connectivity index (χ1n) is 5.76. The second-order valence-electron chi connectivity index (χ2n) is 4.11. The van der Waals surface area contributed by atoms with Crippen molar-refractivity contribution in [3.8, 4) is 11.5 Å². The van der Waals surface area contributed by atoms with Gasteiger partial charge in [0.05, 0.1) is 24.9 Å². The molecule has 1 aromatic rings. The molecule has 0 amide bonds. The van der Waals surface area contributed by atoms with Gasteiger partial charge < -0.3 is 19.9 Å². The highest BCUT2D eigenvalue weighted by Gasteiger charge is 2.18. The van der Waals surface area contributed by atoms with E-state index < -0.39 is 6.10 Å². The van der Waals surface area contributed by atoms with Gasteiger partial charge in [-0.2, -0.15) is 0 Å². The molecular weight excluding hydrogens is 218 g/mol. The largest absolute Gasteiger partial charge is 0.496 e. The molecule has 1 atom stereocenters. The minimum atomic E-state index is -0.648. The van der Waals surface area contributed by atoms with Gasteiger partial charge in [0.1, 0.15) is 11.5 Å². The van der Waals surface area contributed by atoms with E-state index in [1.165, 1.54) is 0 Å². The summed E-state index contributed by atoms with van der Waals surface area (Å²) in [4.78, 5) is 0. The van der Waals surface area contributed by atoms with Gasteiger partial charge in [0.25, 0.3) is 0 Å². The SMILES string of the molecule is CNCC(O)c1c(OC)cccc1OC(C)C. The highest BCUT2D eigenvalue weighted by Crippen LogP contribution is 2.34. The summed E-state index contributed by atoms with van der Waals surface area (Å²) in [6.45, 7) is 4.36. The molecule has 0 aromatic heterocycles. The second kappa shape index (κ2) is 6.47. The van der Waals surface area contributed by atoms with Crippen LogP contribution in [0.4, 0.5) is 0 Å². The van der Waals surface area contributed by atoms with Crippen molar-refractivity contribution in [2.24, 2.45) is 0 Å². The molecule has 4 heteroatoms. The Morgan fingerprint density at radius 1 is 1.29 bits per heavy atom. The number of methoxy groups -OCH3 is 1. The van der Waals surface area contributed by atoms with E-state index in [1.807, 2.05) is 32.0 Å². The quantitative estimate of drug-likeness (QED) is 0.794. The minimum absolute atomic E-state index is 0.0580. The molecule has 1 aromatic carbocycles. The van der Waals surface area contributed by atoms with Gasteiger partial charge in [0, 0.05) is 6.54 Å². The molecular formula is C13H21NO3. The molecule has 17 heavy (non-hydrogen) atoms. The Bertz CT molecular complexity index is 353. The summed E-state index contributed by atoms with van der Waals surface area (Å²) >= 11 is 0. The molecule has 0 aliphatic rings. The Morgan fingerprint density at radius 3 is 2.47 bits per heavy atom. The topological polar surface area (TPSA) is 50.7 Å². The molecule has 0 spiro atoms. The molecule has 0 radical (unpaired) electrons. The fourth-order valence-corrected chi connectivity index (χ4v) is 1.68. The lowest BCUT2D eigenvalue weighted by atomic mass is 10.1. The Morgan fingerprint density at radius 2 is 1.94 bits per heavy atom. The summed E-state index contributed by atoms with van der Waals surface area (Å²) in [5.41, 5.74) is 0.693. The third kappa shape index (κ3) is 3.61. The zero-order valence-electron chi connectivity index (χ0n) is 10.9. The molecule has 0 saturated heterocycles. The molecule has 2 N–H and O–H groups in total. The molecule has 1 unspecified atom stereocenters. The molecule has 4 nitrogen and oxygen atoms in total. The van der Waals surface area contributed by atoms with Gasteiger partial charge in [-0.3, -0.25) is 0 Å². The molecule has 0 aliphatic heterocycles. The molecule has 0 saturated carbocycles. The molecule has 96 valence electrons. The first-order valence-corrected chi connectivity index (χ1v) is 5.76. The summed E-state index contributed by atoms with van der Waals surface area (Å²) in [6.07, 6.45) is -0.590. The molecule has 0 fully saturated rings. The summed E-state index contributed by atoms with van der Waals surface area (Å²) < 4.78 is 11.0. The fourth-order valence-electron chi connectivity index (χ4n) is 1.68. The maximum atomic E-state index is 10.1. The normalized spacial score (nSPS) is 12.6. The van der Waals surface area contributed by atoms with Crippen LogP contribution < -0.4 is 14.8 Å². The van der Waals surface area contributed by atoms with Gasteiger partial charge in [-0.25, -0.2) is 0 Å². The number of likely N-dealkylation sites (N-methyl/N-ethyl adjacent to an activating group) is 1. The van der Waals surface area contributed by atoms with Gasteiger partial charge in [0.15, 0.2) is 0 Å². The zero-order chi connectivity index (χ0) is 12.8. The first kappa shape index (κ1) is 13.8. The van der Waals surface area contributed by atoms with E-state index in [4.69, 9.17) is 9.47 Å². The van der Waals surface area contributed by atoms with Gasteiger partial charge in [-0.15, -0.1) is 0 Å². The zero-order valence-corrected chi connectivity index (χ0v) is 10.9. The Kier molecular flexibility index (Phi) is 5.25. The molecule has 0 aliphatic carbocycles. The van der Waals surface area contributed by atoms with Gasteiger partial charge >= 0.3 is 0 Å². The van der Waals surface area contributed by atoms with Crippen molar-refractivity contribution in [2.45, 2.75) is 26.1 Å². The van der Waals surface area contributed by atoms with Crippen LogP contribution in [-0.4, -0.2) is 31.9 Å². The van der Waals surface area contributed by atoms with Gasteiger partial charge in [-0.1, -0.05) is 6.07 Å². The van der Waals surface area contributed by atoms with Crippen LogP contribution in [0.2, 0.25) is 0 Å². The van der Waals surface area contributed by atoms with E-state index in [2.05, 4.69) is 5.32 Å². The van der Waals surface area contributed by atoms with E-state index in [9.17, 15) is 5.11 Å². The van der Waals surface area contributed by atoms with Crippen molar-refractivity contribution in [1.29, 1.82) is 0 Å². The van der Waals surface area contributed by atoms with Crippen LogP contribution in [0.3, 0.4) is 0 Å². The number of rotatable bonds is 6. The highest BCUT2D eigenvalue weighted by atomic mass is 16.5. The van der Waals surface area contributed by atoms with E-state index in [-0.39, 0.29) is 6.10 Å². The standard InChI is InChI=1S/C13H21NO3/c1-9(2)17-12-7-5-6-11(16-4)13(12)10(15)8-14-3/h5-7,9-10,14-15H,8H2,1-4H3. The maximum Gasteiger partial charge on any atom is 0.129 e. The summed E-state index contributed by atoms with van der Waals surface area (Å²) in [6, 6.07) is 5.52. The predicted octanol–water partition coefficient (Wildman–Crippen LogP) is 1.74. The van der Waals surface area contributed by atoms with Gasteiger partial charge in [0.2, 0.25) is 0 Å². The summed E-state index contributed by atoms with van der Waals surface area (Å²) in [7, 11) is 3.38. The average molecular weight is 239 g/mol. The van der Waals surface area contributed by atoms with Crippen LogP contribution in [0, 0.1) is 0 Å². The van der Waals surface area contributed by atoms with Crippen LogP contribution in [0.5, 0.6) is 11.5 Å². The Balaban J connectivity index is 3.10. The Labute approximate surface area is 103 Å². The van der Waals surface area contributed by atoms with Gasteiger partial charge in [-0.05, 0) is 33.0 Å². The van der Waals surface area contributed by atoms with E-state index in [1.54, 1.807) is 14.2 Å². The summed E-state index contributed by atoms with van der Waals surface area (Å²) in [5.74, 6) is 1.31. The van der Waals surface area contributed by atoms with Crippen LogP contribution >= 0.6 is 0 Å². The maximum absolute atomic E-state index is 10.1. The van der Waals surface area contributed by atoms with Crippen molar-refractivity contribution >= 4 is 0 Å². The van der Waals surface area contributed by atoms with Crippen molar-refractivity contribution in [3.63, 3.8) is 0 Å². The van der Waals surface area contributed by atoms with Crippen LogP contribution in [0.15, 0.2) is 18.2 Å². The number of hydrogen-bond donors (Lipinski definition) is 2. The number of ether oxygens (including phenoxy) is 2. The van der Waals surface area contributed by atoms with Crippen molar-refractivity contribution < 1.29 is 14.6 Å². The second-order valence-corrected chi connectivity index (χ2v) is 4.11. The van der Waals surface area contributed by atoms with Crippen LogP contribution in [0.25, 0.3) is 0 Å². The lowest BCUT2D eigenvalue weighted by Gasteiger charge is -2.20. The smallest absolute Gasteiger partial charge is 0.129 e. The Hall–Kier alpha value is -1.26. The fraction of sp³-hybridized carbons (Fsp3) is 0.538. The van der Waals surface area contributed by atoms with Crippen LogP contribution in [-0.2, 0) is 0 Å². The van der Waals surface area contributed by atoms with Crippen LogP contribution in [0.1, 0.15) is 25.5 Å². The lowest BCUT2D eigenvalue weighted by Crippen LogP contribution is -2.19. The number of aliphatic hydroxyl groups is 1. The minimum Gasteiger partial charge on any atom is -0.496 e. The lowest BCUT2D eigenvalue weighted by molar-refractivity contribution is 0.161. The third-order valence-corrected chi connectivity index (χ3v) is 2.34. The predicted molar refractivity (Wildman–Crippen MR) is 67.6 cm³/mol. The van der Waals surface area contributed by atoms with Crippen molar-refractivity contribution in [3.05, 3.63) is 23.8 Å². The van der Waals surface area contributed by atoms with E-state index in [0.29, 0.717) is 23.6 Å². The number of benzene rings is 1. The first-order chi connectivity index (χ1) is 8.10. The number of aliphatic hydroxyl groups excluding tert-OH is 1. The molecule has 0 bridgehead atoms. The van der Waals surface area contributed by atoms with Crippen molar-refractivity contribution in [1.82, 2.24) is 5.32 Å². The van der Waals surface area contributed by atoms with Crippen molar-refractivity contribution in [2.75, 3.05) is 20.7 Å². The third-order valence-electron chi connectivity index (χ3n) is 2.34. The summed E-state index contributed by atoms with van der Waals surface area (Å²) in [5, 5.41) is 13.0. The van der Waals surface area contributed by atoms with E-state index in [0.717, 1.165) is 0 Å². The monoisotopic (exact) mass is 239 g/mol. The average Bonchev–Trinajstić information content (AvgIpc) is 2.28. The molecule has 0 heterocycles. The molecule has 1 rings (SSSR count). The highest BCUT2D eigenvalue weighted by molar-refractivity contribution is 5.46. The number of nitrogens with one attached hydrogen (secondary N) is 1. The number of hydrogen-bond acceptors (Lipinski definition) is 4. The van der Waals surface area contributed by atoms with E-state index >= 15 is 0 Å².